The van der Waals surface area contributed by atoms with E-state index in [2.05, 4.69) is 27.4 Å². The van der Waals surface area contributed by atoms with Crippen molar-refractivity contribution >= 4 is 40.1 Å². The predicted octanol–water partition coefficient (Wildman–Crippen LogP) is 5.88. The second-order valence-electron chi connectivity index (χ2n) is 8.85. The van der Waals surface area contributed by atoms with E-state index in [-0.39, 0.29) is 17.0 Å². The Labute approximate surface area is 237 Å². The van der Waals surface area contributed by atoms with Crippen molar-refractivity contribution < 1.29 is 33.3 Å². The van der Waals surface area contributed by atoms with Gasteiger partial charge in [-0.2, -0.15) is 0 Å². The lowest BCUT2D eigenvalue weighted by Gasteiger charge is -2.25. The number of amidine groups is 1. The fourth-order valence-electron chi connectivity index (χ4n) is 3.57. The Hall–Kier alpha value is -4.06. The molecule has 0 radical (unpaired) electrons. The van der Waals surface area contributed by atoms with Gasteiger partial charge in [-0.1, -0.05) is 23.3 Å². The van der Waals surface area contributed by atoms with Gasteiger partial charge in [0.15, 0.2) is 11.5 Å². The molecule has 2 aromatic carbocycles. The van der Waals surface area contributed by atoms with Crippen LogP contribution in [0.1, 0.15) is 20.3 Å². The summed E-state index contributed by atoms with van der Waals surface area (Å²) in [4.78, 5) is 21.6. The average molecular weight is 571 g/mol. The van der Waals surface area contributed by atoms with Crippen LogP contribution in [0.3, 0.4) is 0 Å². The first-order valence-corrected chi connectivity index (χ1v) is 12.9. The molecule has 12 heteroatoms. The van der Waals surface area contributed by atoms with Gasteiger partial charge in [0.05, 0.1) is 49.8 Å². The maximum Gasteiger partial charge on any atom is 0.324 e. The van der Waals surface area contributed by atoms with Crippen LogP contribution < -0.4 is 24.8 Å². The first kappa shape index (κ1) is 28.9. The molecule has 1 fully saturated rings. The van der Waals surface area contributed by atoms with Crippen molar-refractivity contribution in [3.63, 3.8) is 0 Å². The van der Waals surface area contributed by atoms with Crippen LogP contribution in [0.4, 0.5) is 10.5 Å². The van der Waals surface area contributed by atoms with Crippen LogP contribution in [0.25, 0.3) is 10.9 Å². The fraction of sp³-hybridized carbons (Fsp3) is 0.321. The monoisotopic (exact) mass is 570 g/mol. The van der Waals surface area contributed by atoms with Gasteiger partial charge in [-0.3, -0.25) is 10.3 Å². The van der Waals surface area contributed by atoms with Gasteiger partial charge in [0.2, 0.25) is 0 Å². The number of methoxy groups -OCH3 is 1. The van der Waals surface area contributed by atoms with Crippen LogP contribution in [0.15, 0.2) is 60.1 Å². The zero-order valence-electron chi connectivity index (χ0n) is 22.5. The summed E-state index contributed by atoms with van der Waals surface area (Å²) in [5.41, 5.74) is 1.06. The number of oxime groups is 1. The van der Waals surface area contributed by atoms with E-state index in [0.29, 0.717) is 66.4 Å². The van der Waals surface area contributed by atoms with Crippen molar-refractivity contribution in [3.05, 3.63) is 60.0 Å². The minimum atomic E-state index is -0.534. The zero-order chi connectivity index (χ0) is 28.5. The Morgan fingerprint density at radius 3 is 2.67 bits per heavy atom. The number of carbonyl (C=O) groups excluding carboxylic acids is 1. The molecule has 2 N–H and O–H groups in total. The highest BCUT2D eigenvalue weighted by Gasteiger charge is 2.18. The minimum absolute atomic E-state index is 0.191. The average Bonchev–Trinajstić information content (AvgIpc) is 2.89. The third-order valence-corrected chi connectivity index (χ3v) is 5.86. The second kappa shape index (κ2) is 13.8. The highest BCUT2D eigenvalue weighted by molar-refractivity contribution is 6.34. The van der Waals surface area contributed by atoms with Crippen LogP contribution in [-0.2, 0) is 14.3 Å². The molecule has 0 aliphatic carbocycles. The van der Waals surface area contributed by atoms with Gasteiger partial charge in [-0.15, -0.1) is 0 Å². The molecular weight excluding hydrogens is 540 g/mol. The molecule has 1 aromatic heterocycles. The number of fused-ring (bicyclic) bond motifs is 1. The molecule has 3 aromatic rings. The number of amides is 2. The smallest absolute Gasteiger partial charge is 0.324 e. The first-order chi connectivity index (χ1) is 19.3. The molecule has 2 amide bonds. The number of hydrogen-bond acceptors (Lipinski definition) is 9. The summed E-state index contributed by atoms with van der Waals surface area (Å²) in [6.45, 7) is 9.16. The number of anilines is 1. The Bertz CT molecular complexity index is 1390. The third-order valence-electron chi connectivity index (χ3n) is 5.54. The molecule has 0 unspecified atom stereocenters. The topological polar surface area (TPSA) is 122 Å². The number of ether oxygens (including phenoxy) is 5. The highest BCUT2D eigenvalue weighted by Crippen LogP contribution is 2.38. The quantitative estimate of drug-likeness (QED) is 0.0910. The number of nitrogens with zero attached hydrogens (tertiary/aromatic N) is 2. The van der Waals surface area contributed by atoms with Gasteiger partial charge >= 0.3 is 6.03 Å². The third kappa shape index (κ3) is 7.98. The van der Waals surface area contributed by atoms with Crippen molar-refractivity contribution in [1.82, 2.24) is 10.3 Å². The highest BCUT2D eigenvalue weighted by atomic mass is 35.5. The molecule has 40 heavy (non-hydrogen) atoms. The summed E-state index contributed by atoms with van der Waals surface area (Å²) < 4.78 is 28.4. The lowest BCUT2D eigenvalue weighted by molar-refractivity contribution is -0.130. The molecule has 0 spiro atoms. The van der Waals surface area contributed by atoms with E-state index >= 15 is 0 Å². The van der Waals surface area contributed by atoms with Crippen molar-refractivity contribution in [2.75, 3.05) is 38.9 Å². The molecule has 1 aliphatic rings. The van der Waals surface area contributed by atoms with E-state index < -0.39 is 6.03 Å². The van der Waals surface area contributed by atoms with Crippen LogP contribution in [0.2, 0.25) is 5.02 Å². The van der Waals surface area contributed by atoms with Crippen molar-refractivity contribution in [2.24, 2.45) is 5.16 Å². The lowest BCUT2D eigenvalue weighted by Crippen LogP contribution is -2.36. The molecule has 11 nitrogen and oxygen atoms in total. The van der Waals surface area contributed by atoms with Gasteiger partial charge in [-0.05, 0) is 38.1 Å². The van der Waals surface area contributed by atoms with Crippen LogP contribution >= 0.6 is 11.6 Å². The van der Waals surface area contributed by atoms with Crippen molar-refractivity contribution in [3.8, 4) is 23.0 Å². The lowest BCUT2D eigenvalue weighted by atomic mass is 10.1. The van der Waals surface area contributed by atoms with E-state index in [0.717, 1.165) is 11.8 Å². The number of halogens is 1. The summed E-state index contributed by atoms with van der Waals surface area (Å²) in [7, 11) is 1.58. The predicted molar refractivity (Wildman–Crippen MR) is 152 cm³/mol. The molecule has 212 valence electrons. The SMILES string of the molecule is C=C(C)O/N=C(\C)NC(=O)Nc1ccc(Oc2ccnc3cc(OCCCOC4COC4)c(OC)cc23)cc1Cl. The normalized spacial score (nSPS) is 13.3. The number of aromatic nitrogens is 1. The molecule has 2 heterocycles. The maximum atomic E-state index is 12.3. The van der Waals surface area contributed by atoms with E-state index in [9.17, 15) is 4.79 Å². The number of benzene rings is 2. The van der Waals surface area contributed by atoms with Gasteiger partial charge < -0.3 is 33.8 Å². The molecule has 0 atom stereocenters. The number of nitrogens with one attached hydrogen (secondary N) is 2. The zero-order valence-corrected chi connectivity index (χ0v) is 23.2. The van der Waals surface area contributed by atoms with Crippen LogP contribution in [0.5, 0.6) is 23.0 Å². The minimum Gasteiger partial charge on any atom is -0.493 e. The number of pyridine rings is 1. The maximum absolute atomic E-state index is 12.3. The standard InChI is InChI=1S/C28H31ClN4O7/c1-17(2)40-33-18(3)31-28(34)32-23-7-6-19(12-22(23)29)39-25-8-9-30-24-14-27(26(35-4)13-21(24)25)38-11-5-10-37-20-15-36-16-20/h6-9,12-14,20H,1,5,10-11,15-16H2,2-4H3,(H2,31,32,33,34). The number of urea groups is 1. The Balaban J connectivity index is 1.40. The second-order valence-corrected chi connectivity index (χ2v) is 9.26. The number of carbonyl (C=O) groups is 1. The summed E-state index contributed by atoms with van der Waals surface area (Å²) in [6, 6.07) is 9.75. The molecule has 1 aliphatic heterocycles. The Morgan fingerprint density at radius 1 is 1.15 bits per heavy atom. The van der Waals surface area contributed by atoms with Crippen LogP contribution in [0, 0.1) is 0 Å². The number of hydrogen-bond donors (Lipinski definition) is 2. The summed E-state index contributed by atoms with van der Waals surface area (Å²) >= 11 is 6.41. The first-order valence-electron chi connectivity index (χ1n) is 12.5. The van der Waals surface area contributed by atoms with E-state index in [1.807, 2.05) is 12.1 Å². The summed E-state index contributed by atoms with van der Waals surface area (Å²) in [5.74, 6) is 2.78. The summed E-state index contributed by atoms with van der Waals surface area (Å²) in [5, 5.41) is 9.92. The molecule has 0 bridgehead atoms. The van der Waals surface area contributed by atoms with Crippen molar-refractivity contribution in [2.45, 2.75) is 26.4 Å². The fourth-order valence-corrected chi connectivity index (χ4v) is 3.78. The molecule has 4 rings (SSSR count). The van der Waals surface area contributed by atoms with Gasteiger partial charge in [-0.25, -0.2) is 4.79 Å². The van der Waals surface area contributed by atoms with Crippen molar-refractivity contribution in [1.29, 1.82) is 0 Å². The van der Waals surface area contributed by atoms with E-state index in [4.69, 9.17) is 40.1 Å². The van der Waals surface area contributed by atoms with Gasteiger partial charge in [0.1, 0.15) is 29.2 Å². The van der Waals surface area contributed by atoms with Gasteiger partial charge in [0, 0.05) is 30.1 Å². The van der Waals surface area contributed by atoms with E-state index in [1.54, 1.807) is 51.4 Å². The Morgan fingerprint density at radius 2 is 1.98 bits per heavy atom. The number of rotatable bonds is 12. The number of allylic oxidation sites excluding steroid dienone is 1. The van der Waals surface area contributed by atoms with Crippen LogP contribution in [-0.4, -0.2) is 56.5 Å². The molecular formula is C28H31ClN4O7. The van der Waals surface area contributed by atoms with E-state index in [1.165, 1.54) is 0 Å². The largest absolute Gasteiger partial charge is 0.493 e. The van der Waals surface area contributed by atoms with Gasteiger partial charge in [0.25, 0.3) is 0 Å². The summed E-state index contributed by atoms with van der Waals surface area (Å²) in [6.07, 6.45) is 2.57. The molecule has 1 saturated heterocycles. The molecule has 0 saturated carbocycles. The Kier molecular flexibility index (Phi) is 10.0.